The highest BCUT2D eigenvalue weighted by atomic mass is 19.1. The molecule has 0 spiro atoms. The Balaban J connectivity index is 1.53. The van der Waals surface area contributed by atoms with E-state index in [9.17, 15) is 14.0 Å². The van der Waals surface area contributed by atoms with Crippen LogP contribution >= 0.6 is 0 Å². The van der Waals surface area contributed by atoms with Gasteiger partial charge in [-0.15, -0.1) is 0 Å². The molecule has 0 saturated carbocycles. The molecule has 3 aromatic carbocycles. The predicted molar refractivity (Wildman–Crippen MR) is 108 cm³/mol. The summed E-state index contributed by atoms with van der Waals surface area (Å²) < 4.78 is 13.6. The lowest BCUT2D eigenvalue weighted by Crippen LogP contribution is -2.24. The standard InChI is InChI=1S/C22H20FN3O2/c23-19-11-4-5-12-20(19)26-21(27)15-24-18-10-6-9-17(13-18)22(28)25-14-16-7-2-1-3-8-16/h1-13,24H,14-15H2,(H,25,28)(H,26,27). The first kappa shape index (κ1) is 19.1. The van der Waals surface area contributed by atoms with E-state index in [1.807, 2.05) is 30.3 Å². The first-order valence-electron chi connectivity index (χ1n) is 8.82. The third-order valence-electron chi connectivity index (χ3n) is 4.02. The first-order valence-corrected chi connectivity index (χ1v) is 8.82. The Morgan fingerprint density at radius 1 is 0.857 bits per heavy atom. The van der Waals surface area contributed by atoms with Crippen LogP contribution in [0.25, 0.3) is 0 Å². The van der Waals surface area contributed by atoms with E-state index in [4.69, 9.17) is 0 Å². The number of nitrogens with one attached hydrogen (secondary N) is 3. The monoisotopic (exact) mass is 377 g/mol. The maximum atomic E-state index is 13.6. The van der Waals surface area contributed by atoms with Gasteiger partial charge in [0.05, 0.1) is 12.2 Å². The van der Waals surface area contributed by atoms with E-state index in [1.54, 1.807) is 36.4 Å². The van der Waals surface area contributed by atoms with Crippen LogP contribution in [0.1, 0.15) is 15.9 Å². The van der Waals surface area contributed by atoms with Crippen LogP contribution in [0.5, 0.6) is 0 Å². The van der Waals surface area contributed by atoms with Crippen molar-refractivity contribution in [2.24, 2.45) is 0 Å². The van der Waals surface area contributed by atoms with E-state index in [1.165, 1.54) is 12.1 Å². The molecular weight excluding hydrogens is 357 g/mol. The zero-order valence-corrected chi connectivity index (χ0v) is 15.1. The fourth-order valence-electron chi connectivity index (χ4n) is 2.59. The van der Waals surface area contributed by atoms with Gasteiger partial charge in [0.25, 0.3) is 5.91 Å². The van der Waals surface area contributed by atoms with Gasteiger partial charge >= 0.3 is 0 Å². The summed E-state index contributed by atoms with van der Waals surface area (Å²) in [6.07, 6.45) is 0. The van der Waals surface area contributed by atoms with Crippen molar-refractivity contribution in [1.29, 1.82) is 0 Å². The van der Waals surface area contributed by atoms with Gasteiger partial charge in [-0.25, -0.2) is 4.39 Å². The number of carbonyl (C=O) groups excluding carboxylic acids is 2. The Bertz CT molecular complexity index is 961. The third kappa shape index (κ3) is 5.41. The van der Waals surface area contributed by atoms with Crippen LogP contribution in [0.4, 0.5) is 15.8 Å². The topological polar surface area (TPSA) is 70.2 Å². The Labute approximate surface area is 162 Å². The lowest BCUT2D eigenvalue weighted by atomic mass is 10.1. The van der Waals surface area contributed by atoms with Crippen LogP contribution in [0, 0.1) is 5.82 Å². The molecule has 28 heavy (non-hydrogen) atoms. The molecule has 3 rings (SSSR count). The molecule has 0 aliphatic rings. The van der Waals surface area contributed by atoms with Gasteiger partial charge in [-0.1, -0.05) is 48.5 Å². The van der Waals surface area contributed by atoms with Crippen molar-refractivity contribution >= 4 is 23.2 Å². The number of anilines is 2. The minimum absolute atomic E-state index is 0.0522. The number of hydrogen-bond donors (Lipinski definition) is 3. The number of rotatable bonds is 7. The Kier molecular flexibility index (Phi) is 6.36. The lowest BCUT2D eigenvalue weighted by molar-refractivity contribution is -0.114. The van der Waals surface area contributed by atoms with Crippen LogP contribution in [0.3, 0.4) is 0 Å². The maximum Gasteiger partial charge on any atom is 0.251 e. The van der Waals surface area contributed by atoms with E-state index in [-0.39, 0.29) is 24.0 Å². The zero-order chi connectivity index (χ0) is 19.8. The van der Waals surface area contributed by atoms with E-state index >= 15 is 0 Å². The average Bonchev–Trinajstić information content (AvgIpc) is 2.73. The number of carbonyl (C=O) groups is 2. The lowest BCUT2D eigenvalue weighted by Gasteiger charge is -2.10. The SMILES string of the molecule is O=C(CNc1cccc(C(=O)NCc2ccccc2)c1)Nc1ccccc1F. The molecule has 0 bridgehead atoms. The van der Waals surface area contributed by atoms with E-state index in [0.717, 1.165) is 5.56 Å². The molecule has 142 valence electrons. The first-order chi connectivity index (χ1) is 13.6. The van der Waals surface area contributed by atoms with E-state index in [0.29, 0.717) is 17.8 Å². The minimum Gasteiger partial charge on any atom is -0.376 e. The van der Waals surface area contributed by atoms with Crippen molar-refractivity contribution in [3.05, 3.63) is 95.8 Å². The molecule has 0 atom stereocenters. The maximum absolute atomic E-state index is 13.6. The van der Waals surface area contributed by atoms with Gasteiger partial charge < -0.3 is 16.0 Å². The van der Waals surface area contributed by atoms with Crippen LogP contribution in [-0.4, -0.2) is 18.4 Å². The van der Waals surface area contributed by atoms with Crippen molar-refractivity contribution < 1.29 is 14.0 Å². The number of para-hydroxylation sites is 1. The molecule has 0 aliphatic heterocycles. The summed E-state index contributed by atoms with van der Waals surface area (Å²) >= 11 is 0. The normalized spacial score (nSPS) is 10.2. The summed E-state index contributed by atoms with van der Waals surface area (Å²) in [6, 6.07) is 22.4. The summed E-state index contributed by atoms with van der Waals surface area (Å²) in [5.74, 6) is -1.08. The van der Waals surface area contributed by atoms with Gasteiger partial charge in [0.15, 0.2) is 0 Å². The van der Waals surface area contributed by atoms with Gasteiger partial charge in [0, 0.05) is 17.8 Å². The molecule has 0 unspecified atom stereocenters. The Morgan fingerprint density at radius 3 is 2.39 bits per heavy atom. The fraction of sp³-hybridized carbons (Fsp3) is 0.0909. The van der Waals surface area contributed by atoms with Crippen molar-refractivity contribution in [2.75, 3.05) is 17.2 Å². The molecular formula is C22H20FN3O2. The van der Waals surface area contributed by atoms with Gasteiger partial charge in [0.2, 0.25) is 5.91 Å². The molecule has 0 heterocycles. The van der Waals surface area contributed by atoms with Gasteiger partial charge in [-0.3, -0.25) is 9.59 Å². The van der Waals surface area contributed by atoms with Crippen molar-refractivity contribution in [2.45, 2.75) is 6.54 Å². The molecule has 0 fully saturated rings. The third-order valence-corrected chi connectivity index (χ3v) is 4.02. The average molecular weight is 377 g/mol. The molecule has 5 nitrogen and oxygen atoms in total. The van der Waals surface area contributed by atoms with Crippen molar-refractivity contribution in [3.8, 4) is 0 Å². The van der Waals surface area contributed by atoms with Crippen LogP contribution in [0.15, 0.2) is 78.9 Å². The van der Waals surface area contributed by atoms with Crippen molar-refractivity contribution in [3.63, 3.8) is 0 Å². The Morgan fingerprint density at radius 2 is 1.61 bits per heavy atom. The smallest absolute Gasteiger partial charge is 0.251 e. The number of halogens is 1. The highest BCUT2D eigenvalue weighted by Crippen LogP contribution is 2.13. The van der Waals surface area contributed by atoms with Crippen LogP contribution in [-0.2, 0) is 11.3 Å². The van der Waals surface area contributed by atoms with E-state index in [2.05, 4.69) is 16.0 Å². The summed E-state index contributed by atoms with van der Waals surface area (Å²) in [4.78, 5) is 24.3. The quantitative estimate of drug-likeness (QED) is 0.586. The van der Waals surface area contributed by atoms with Gasteiger partial charge in [-0.2, -0.15) is 0 Å². The number of benzene rings is 3. The highest BCUT2D eigenvalue weighted by Gasteiger charge is 2.08. The minimum atomic E-state index is -0.493. The second-order valence-corrected chi connectivity index (χ2v) is 6.13. The summed E-state index contributed by atoms with van der Waals surface area (Å²) in [6.45, 7) is 0.381. The van der Waals surface area contributed by atoms with Crippen LogP contribution in [0.2, 0.25) is 0 Å². The molecule has 0 aliphatic carbocycles. The van der Waals surface area contributed by atoms with Gasteiger partial charge in [-0.05, 0) is 35.9 Å². The number of amides is 2. The predicted octanol–water partition coefficient (Wildman–Crippen LogP) is 3.81. The Hall–Kier alpha value is -3.67. The molecule has 2 amide bonds. The van der Waals surface area contributed by atoms with Crippen molar-refractivity contribution in [1.82, 2.24) is 5.32 Å². The van der Waals surface area contributed by atoms with Crippen LogP contribution < -0.4 is 16.0 Å². The van der Waals surface area contributed by atoms with Gasteiger partial charge in [0.1, 0.15) is 5.82 Å². The molecule has 3 aromatic rings. The molecule has 3 N–H and O–H groups in total. The summed E-state index contributed by atoms with van der Waals surface area (Å²) in [5, 5.41) is 8.30. The zero-order valence-electron chi connectivity index (χ0n) is 15.1. The second-order valence-electron chi connectivity index (χ2n) is 6.13. The second kappa shape index (κ2) is 9.32. The fourth-order valence-corrected chi connectivity index (χ4v) is 2.59. The number of hydrogen-bond acceptors (Lipinski definition) is 3. The molecule has 6 heteroatoms. The highest BCUT2D eigenvalue weighted by molar-refractivity contribution is 5.96. The summed E-state index contributed by atoms with van der Waals surface area (Å²) in [5.41, 5.74) is 2.24. The molecule has 0 radical (unpaired) electrons. The summed E-state index contributed by atoms with van der Waals surface area (Å²) in [7, 11) is 0. The largest absolute Gasteiger partial charge is 0.376 e. The van der Waals surface area contributed by atoms with E-state index < -0.39 is 5.82 Å². The molecule has 0 saturated heterocycles. The molecule has 0 aromatic heterocycles.